The SMILES string of the molecule is COc1ccc(C(=O)OCC(=O)N2CCN(Cc3c(F)cccc3Cl)CC2)cc1F. The Bertz CT molecular complexity index is 913. The molecule has 0 aromatic heterocycles. The summed E-state index contributed by atoms with van der Waals surface area (Å²) in [7, 11) is 1.32. The Labute approximate surface area is 177 Å². The van der Waals surface area contributed by atoms with E-state index in [4.69, 9.17) is 21.1 Å². The second-order valence-electron chi connectivity index (χ2n) is 6.78. The molecule has 1 amide bonds. The lowest BCUT2D eigenvalue weighted by molar-refractivity contribution is -0.136. The van der Waals surface area contributed by atoms with E-state index in [1.165, 1.54) is 25.3 Å². The first-order chi connectivity index (χ1) is 14.4. The number of benzene rings is 2. The number of methoxy groups -OCH3 is 1. The van der Waals surface area contributed by atoms with Gasteiger partial charge in [0.1, 0.15) is 5.82 Å². The Morgan fingerprint density at radius 3 is 2.43 bits per heavy atom. The van der Waals surface area contributed by atoms with Crippen LogP contribution >= 0.6 is 11.6 Å². The van der Waals surface area contributed by atoms with Crippen LogP contribution in [0.2, 0.25) is 5.02 Å². The van der Waals surface area contributed by atoms with Gasteiger partial charge in [0.25, 0.3) is 5.91 Å². The normalized spacial score (nSPS) is 14.5. The highest BCUT2D eigenvalue weighted by molar-refractivity contribution is 6.31. The molecule has 1 saturated heterocycles. The summed E-state index contributed by atoms with van der Waals surface area (Å²) in [6.45, 7) is 1.82. The Morgan fingerprint density at radius 2 is 1.80 bits per heavy atom. The second-order valence-corrected chi connectivity index (χ2v) is 7.19. The lowest BCUT2D eigenvalue weighted by Crippen LogP contribution is -2.49. The van der Waals surface area contributed by atoms with Crippen molar-refractivity contribution in [3.63, 3.8) is 0 Å². The molecule has 0 atom stereocenters. The average molecular weight is 439 g/mol. The topological polar surface area (TPSA) is 59.1 Å². The molecular weight excluding hydrogens is 418 g/mol. The van der Waals surface area contributed by atoms with Gasteiger partial charge >= 0.3 is 5.97 Å². The van der Waals surface area contributed by atoms with Gasteiger partial charge in [-0.15, -0.1) is 0 Å². The highest BCUT2D eigenvalue weighted by Crippen LogP contribution is 2.21. The molecule has 9 heteroatoms. The van der Waals surface area contributed by atoms with Gasteiger partial charge in [0, 0.05) is 43.3 Å². The van der Waals surface area contributed by atoms with Gasteiger partial charge in [-0.1, -0.05) is 17.7 Å². The van der Waals surface area contributed by atoms with Crippen LogP contribution in [0.3, 0.4) is 0 Å². The van der Waals surface area contributed by atoms with Crippen molar-refractivity contribution >= 4 is 23.5 Å². The Hall–Kier alpha value is -2.71. The quantitative estimate of drug-likeness (QED) is 0.648. The van der Waals surface area contributed by atoms with E-state index in [2.05, 4.69) is 0 Å². The molecule has 1 heterocycles. The summed E-state index contributed by atoms with van der Waals surface area (Å²) in [4.78, 5) is 27.9. The van der Waals surface area contributed by atoms with Gasteiger partial charge in [-0.2, -0.15) is 0 Å². The minimum Gasteiger partial charge on any atom is -0.494 e. The number of esters is 1. The number of piperazine rings is 1. The fourth-order valence-corrected chi connectivity index (χ4v) is 3.38. The molecule has 1 aliphatic heterocycles. The minimum absolute atomic E-state index is 0.00677. The maximum absolute atomic E-state index is 13.9. The molecule has 0 unspecified atom stereocenters. The van der Waals surface area contributed by atoms with E-state index < -0.39 is 18.4 Å². The molecule has 1 aliphatic rings. The molecule has 0 radical (unpaired) electrons. The summed E-state index contributed by atoms with van der Waals surface area (Å²) in [5.74, 6) is -2.18. The van der Waals surface area contributed by atoms with Gasteiger partial charge in [0.15, 0.2) is 18.2 Å². The van der Waals surface area contributed by atoms with Crippen LogP contribution in [-0.2, 0) is 16.1 Å². The minimum atomic E-state index is -0.794. The van der Waals surface area contributed by atoms with Crippen molar-refractivity contribution in [1.82, 2.24) is 9.80 Å². The fourth-order valence-electron chi connectivity index (χ4n) is 3.16. The Morgan fingerprint density at radius 1 is 1.07 bits per heavy atom. The third-order valence-corrected chi connectivity index (χ3v) is 5.24. The van der Waals surface area contributed by atoms with E-state index in [9.17, 15) is 18.4 Å². The molecule has 2 aromatic carbocycles. The van der Waals surface area contributed by atoms with Crippen LogP contribution in [0.4, 0.5) is 8.78 Å². The van der Waals surface area contributed by atoms with Gasteiger partial charge in [-0.3, -0.25) is 9.69 Å². The van der Waals surface area contributed by atoms with Crippen molar-refractivity contribution in [2.75, 3.05) is 39.9 Å². The number of hydrogen-bond acceptors (Lipinski definition) is 5. The Balaban J connectivity index is 1.47. The smallest absolute Gasteiger partial charge is 0.338 e. The number of halogens is 3. The van der Waals surface area contributed by atoms with Crippen LogP contribution in [0.15, 0.2) is 36.4 Å². The first-order valence-electron chi connectivity index (χ1n) is 9.32. The standard InChI is InChI=1S/C21H21ClF2N2O4/c1-29-19-6-5-14(11-18(19)24)21(28)30-13-20(27)26-9-7-25(8-10-26)12-15-16(22)3-2-4-17(15)23/h2-6,11H,7-10,12-13H2,1H3. The van der Waals surface area contributed by atoms with Crippen LogP contribution in [0.25, 0.3) is 0 Å². The van der Waals surface area contributed by atoms with Crippen molar-refractivity contribution in [2.24, 2.45) is 0 Å². The maximum Gasteiger partial charge on any atom is 0.338 e. The monoisotopic (exact) mass is 438 g/mol. The zero-order chi connectivity index (χ0) is 21.7. The first-order valence-corrected chi connectivity index (χ1v) is 9.70. The molecule has 30 heavy (non-hydrogen) atoms. The number of amides is 1. The summed E-state index contributed by atoms with van der Waals surface area (Å²) >= 11 is 6.07. The second kappa shape index (κ2) is 9.86. The molecule has 3 rings (SSSR count). The molecule has 1 fully saturated rings. The number of rotatable bonds is 6. The molecule has 0 aliphatic carbocycles. The van der Waals surface area contributed by atoms with E-state index in [0.717, 1.165) is 6.07 Å². The zero-order valence-electron chi connectivity index (χ0n) is 16.4. The summed E-state index contributed by atoms with van der Waals surface area (Å²) in [6, 6.07) is 8.24. The van der Waals surface area contributed by atoms with Crippen molar-refractivity contribution in [1.29, 1.82) is 0 Å². The highest BCUT2D eigenvalue weighted by atomic mass is 35.5. The molecule has 0 saturated carbocycles. The molecule has 0 bridgehead atoms. The van der Waals surface area contributed by atoms with Gasteiger partial charge in [-0.25, -0.2) is 13.6 Å². The van der Waals surface area contributed by atoms with Crippen molar-refractivity contribution < 1.29 is 27.8 Å². The van der Waals surface area contributed by atoms with Crippen molar-refractivity contribution in [3.05, 3.63) is 64.2 Å². The van der Waals surface area contributed by atoms with Crippen LogP contribution in [0.5, 0.6) is 5.75 Å². The lowest BCUT2D eigenvalue weighted by Gasteiger charge is -2.34. The lowest BCUT2D eigenvalue weighted by atomic mass is 10.2. The van der Waals surface area contributed by atoms with Gasteiger partial charge in [0.2, 0.25) is 0 Å². The van der Waals surface area contributed by atoms with E-state index in [-0.39, 0.29) is 23.0 Å². The molecule has 0 spiro atoms. The number of nitrogens with zero attached hydrogens (tertiary/aromatic N) is 2. The van der Waals surface area contributed by atoms with E-state index in [0.29, 0.717) is 43.3 Å². The van der Waals surface area contributed by atoms with E-state index >= 15 is 0 Å². The summed E-state index contributed by atoms with van der Waals surface area (Å²) in [5.41, 5.74) is 0.423. The number of hydrogen-bond donors (Lipinski definition) is 0. The van der Waals surface area contributed by atoms with Crippen LogP contribution in [0, 0.1) is 11.6 Å². The van der Waals surface area contributed by atoms with Gasteiger partial charge < -0.3 is 14.4 Å². The molecule has 2 aromatic rings. The van der Waals surface area contributed by atoms with Crippen molar-refractivity contribution in [3.8, 4) is 5.75 Å². The third kappa shape index (κ3) is 5.25. The molecule has 160 valence electrons. The van der Waals surface area contributed by atoms with E-state index in [1.807, 2.05) is 4.90 Å². The number of carbonyl (C=O) groups excluding carboxylic acids is 2. The van der Waals surface area contributed by atoms with Gasteiger partial charge in [-0.05, 0) is 30.3 Å². The molecule has 0 N–H and O–H groups in total. The van der Waals surface area contributed by atoms with E-state index in [1.54, 1.807) is 17.0 Å². The fraction of sp³-hybridized carbons (Fsp3) is 0.333. The maximum atomic E-state index is 13.9. The van der Waals surface area contributed by atoms with Crippen molar-refractivity contribution in [2.45, 2.75) is 6.54 Å². The predicted octanol–water partition coefficient (Wildman–Crippen LogP) is 3.13. The van der Waals surface area contributed by atoms with Crippen LogP contribution in [0.1, 0.15) is 15.9 Å². The molecule has 6 nitrogen and oxygen atoms in total. The number of carbonyl (C=O) groups is 2. The first kappa shape index (κ1) is 22.0. The molecular formula is C21H21ClF2N2O4. The van der Waals surface area contributed by atoms with Crippen LogP contribution in [-0.4, -0.2) is 61.6 Å². The predicted molar refractivity (Wildman–Crippen MR) is 107 cm³/mol. The largest absolute Gasteiger partial charge is 0.494 e. The Kier molecular flexibility index (Phi) is 7.23. The van der Waals surface area contributed by atoms with Gasteiger partial charge in [0.05, 0.1) is 12.7 Å². The number of ether oxygens (including phenoxy) is 2. The third-order valence-electron chi connectivity index (χ3n) is 4.88. The van der Waals surface area contributed by atoms with Crippen LogP contribution < -0.4 is 4.74 Å². The summed E-state index contributed by atoms with van der Waals surface area (Å²) in [6.07, 6.45) is 0. The summed E-state index contributed by atoms with van der Waals surface area (Å²) in [5, 5.41) is 0.371. The average Bonchev–Trinajstić information content (AvgIpc) is 2.75. The zero-order valence-corrected chi connectivity index (χ0v) is 17.1. The highest BCUT2D eigenvalue weighted by Gasteiger charge is 2.23. The summed E-state index contributed by atoms with van der Waals surface area (Å²) < 4.78 is 37.4.